The molecule has 1 fully saturated rings. The minimum absolute atomic E-state index is 0.133. The van der Waals surface area contributed by atoms with E-state index in [4.69, 9.17) is 4.74 Å². The molecular formula is C13H15N3O5. The Hall–Kier alpha value is -2.64. The summed E-state index contributed by atoms with van der Waals surface area (Å²) in [7, 11) is 0. The molecule has 1 aromatic rings. The second kappa shape index (κ2) is 6.21. The summed E-state index contributed by atoms with van der Waals surface area (Å²) in [5, 5.41) is 15.4. The van der Waals surface area contributed by atoms with Crippen molar-refractivity contribution in [1.82, 2.24) is 10.6 Å². The van der Waals surface area contributed by atoms with Crippen LogP contribution < -0.4 is 15.4 Å². The van der Waals surface area contributed by atoms with Crippen LogP contribution in [0.3, 0.4) is 0 Å². The summed E-state index contributed by atoms with van der Waals surface area (Å²) < 4.78 is 5.29. The summed E-state index contributed by atoms with van der Waals surface area (Å²) >= 11 is 0. The molecule has 0 spiro atoms. The molecule has 0 bridgehead atoms. The largest absolute Gasteiger partial charge is 0.481 e. The molecule has 1 aromatic carbocycles. The molecule has 3 amide bonds. The topological polar surface area (TPSA) is 111 Å². The maximum atomic E-state index is 11.7. The Morgan fingerprint density at radius 3 is 2.76 bits per heavy atom. The molecule has 0 heterocycles. The van der Waals surface area contributed by atoms with E-state index < -0.39 is 23.0 Å². The highest BCUT2D eigenvalue weighted by molar-refractivity contribution is 5.96. The first-order chi connectivity index (χ1) is 9.95. The Morgan fingerprint density at radius 2 is 2.14 bits per heavy atom. The van der Waals surface area contributed by atoms with Gasteiger partial charge in [0.15, 0.2) is 6.10 Å². The van der Waals surface area contributed by atoms with Crippen molar-refractivity contribution >= 4 is 17.6 Å². The molecule has 8 nitrogen and oxygen atoms in total. The van der Waals surface area contributed by atoms with E-state index in [1.807, 2.05) is 0 Å². The molecule has 1 aliphatic carbocycles. The maximum absolute atomic E-state index is 11.7. The molecule has 0 aromatic heterocycles. The summed E-state index contributed by atoms with van der Waals surface area (Å²) in [6.45, 7) is 1.46. The van der Waals surface area contributed by atoms with Crippen LogP contribution >= 0.6 is 0 Å². The number of benzene rings is 1. The van der Waals surface area contributed by atoms with Gasteiger partial charge < -0.3 is 10.1 Å². The molecule has 0 unspecified atom stereocenters. The van der Waals surface area contributed by atoms with Gasteiger partial charge in [-0.15, -0.1) is 0 Å². The van der Waals surface area contributed by atoms with E-state index in [9.17, 15) is 19.7 Å². The van der Waals surface area contributed by atoms with Gasteiger partial charge in [-0.05, 0) is 25.8 Å². The third kappa shape index (κ3) is 4.44. The van der Waals surface area contributed by atoms with E-state index in [0.717, 1.165) is 12.8 Å². The summed E-state index contributed by atoms with van der Waals surface area (Å²) in [6.07, 6.45) is 0.889. The fourth-order valence-electron chi connectivity index (χ4n) is 1.59. The van der Waals surface area contributed by atoms with Crippen molar-refractivity contribution in [3.8, 4) is 5.75 Å². The monoisotopic (exact) mass is 293 g/mol. The number of nitro benzene ring substituents is 1. The van der Waals surface area contributed by atoms with Crippen molar-refractivity contribution in [2.45, 2.75) is 31.9 Å². The smallest absolute Gasteiger partial charge is 0.321 e. The number of non-ortho nitro benzene ring substituents is 1. The van der Waals surface area contributed by atoms with E-state index in [-0.39, 0.29) is 17.5 Å². The first-order valence-electron chi connectivity index (χ1n) is 6.48. The lowest BCUT2D eigenvalue weighted by Gasteiger charge is -2.14. The molecule has 0 aliphatic heterocycles. The number of carbonyl (C=O) groups is 2. The van der Waals surface area contributed by atoms with Gasteiger partial charge in [0.05, 0.1) is 11.0 Å². The average Bonchev–Trinajstić information content (AvgIpc) is 3.22. The lowest BCUT2D eigenvalue weighted by Crippen LogP contribution is -2.45. The van der Waals surface area contributed by atoms with E-state index in [0.29, 0.717) is 0 Å². The number of nitrogens with one attached hydrogen (secondary N) is 2. The fourth-order valence-corrected chi connectivity index (χ4v) is 1.59. The first-order valence-corrected chi connectivity index (χ1v) is 6.48. The lowest BCUT2D eigenvalue weighted by atomic mass is 10.3. The minimum Gasteiger partial charge on any atom is -0.481 e. The van der Waals surface area contributed by atoms with Crippen LogP contribution in [0, 0.1) is 10.1 Å². The van der Waals surface area contributed by atoms with Crippen LogP contribution in [0.2, 0.25) is 0 Å². The van der Waals surface area contributed by atoms with Gasteiger partial charge in [-0.25, -0.2) is 4.79 Å². The van der Waals surface area contributed by atoms with E-state index in [1.165, 1.54) is 31.2 Å². The normalized spacial score (nSPS) is 14.9. The third-order valence-corrected chi connectivity index (χ3v) is 2.86. The van der Waals surface area contributed by atoms with E-state index in [1.54, 1.807) is 0 Å². The number of ether oxygens (including phenoxy) is 1. The molecule has 2 rings (SSSR count). The van der Waals surface area contributed by atoms with E-state index >= 15 is 0 Å². The van der Waals surface area contributed by atoms with Crippen molar-refractivity contribution in [3.05, 3.63) is 34.4 Å². The summed E-state index contributed by atoms with van der Waals surface area (Å²) in [5.41, 5.74) is -0.133. The van der Waals surface area contributed by atoms with Crippen LogP contribution in [0.25, 0.3) is 0 Å². The number of hydrogen-bond acceptors (Lipinski definition) is 5. The number of rotatable bonds is 5. The van der Waals surface area contributed by atoms with Crippen LogP contribution in [-0.2, 0) is 4.79 Å². The first kappa shape index (κ1) is 14.8. The third-order valence-electron chi connectivity index (χ3n) is 2.86. The van der Waals surface area contributed by atoms with Gasteiger partial charge in [0.25, 0.3) is 11.6 Å². The van der Waals surface area contributed by atoms with Crippen molar-refractivity contribution in [3.63, 3.8) is 0 Å². The van der Waals surface area contributed by atoms with Gasteiger partial charge in [0, 0.05) is 12.1 Å². The Kier molecular flexibility index (Phi) is 4.36. The van der Waals surface area contributed by atoms with Crippen LogP contribution in [0.1, 0.15) is 19.8 Å². The van der Waals surface area contributed by atoms with E-state index in [2.05, 4.69) is 10.6 Å². The number of amides is 3. The Labute approximate surface area is 120 Å². The number of imide groups is 1. The van der Waals surface area contributed by atoms with Gasteiger partial charge in [0.1, 0.15) is 5.75 Å². The number of hydrogen-bond donors (Lipinski definition) is 2. The van der Waals surface area contributed by atoms with Crippen molar-refractivity contribution in [2.75, 3.05) is 0 Å². The van der Waals surface area contributed by atoms with Gasteiger partial charge in [-0.3, -0.25) is 20.2 Å². The molecule has 1 atom stereocenters. The molecule has 21 heavy (non-hydrogen) atoms. The molecule has 2 N–H and O–H groups in total. The van der Waals surface area contributed by atoms with Gasteiger partial charge in [0.2, 0.25) is 0 Å². The van der Waals surface area contributed by atoms with Crippen LogP contribution in [0.15, 0.2) is 24.3 Å². The van der Waals surface area contributed by atoms with Crippen LogP contribution in [0.4, 0.5) is 10.5 Å². The van der Waals surface area contributed by atoms with Crippen LogP contribution in [-0.4, -0.2) is 29.0 Å². The predicted molar refractivity (Wildman–Crippen MR) is 72.9 cm³/mol. The van der Waals surface area contributed by atoms with Crippen molar-refractivity contribution in [2.24, 2.45) is 0 Å². The number of urea groups is 1. The Morgan fingerprint density at radius 1 is 1.43 bits per heavy atom. The van der Waals surface area contributed by atoms with Crippen molar-refractivity contribution < 1.29 is 19.2 Å². The highest BCUT2D eigenvalue weighted by Gasteiger charge is 2.25. The molecule has 1 saturated carbocycles. The van der Waals surface area contributed by atoms with Gasteiger partial charge in [-0.1, -0.05) is 6.07 Å². The van der Waals surface area contributed by atoms with Crippen molar-refractivity contribution in [1.29, 1.82) is 0 Å². The average molecular weight is 293 g/mol. The predicted octanol–water partition coefficient (Wildman–Crippen LogP) is 1.35. The highest BCUT2D eigenvalue weighted by Crippen LogP contribution is 2.20. The molecule has 8 heteroatoms. The highest BCUT2D eigenvalue weighted by atomic mass is 16.6. The summed E-state index contributed by atoms with van der Waals surface area (Å²) in [5.74, 6) is -0.422. The summed E-state index contributed by atoms with van der Waals surface area (Å²) in [4.78, 5) is 33.3. The number of nitro groups is 1. The standard InChI is InChI=1S/C13H15N3O5/c1-8(12(17)15-13(18)14-9-5-6-9)21-11-4-2-3-10(7-11)16(19)20/h2-4,7-9H,5-6H2,1H3,(H2,14,15,17,18)/t8-/m1/s1. The molecular weight excluding hydrogens is 278 g/mol. The zero-order chi connectivity index (χ0) is 15.4. The molecule has 0 radical (unpaired) electrons. The lowest BCUT2D eigenvalue weighted by molar-refractivity contribution is -0.384. The zero-order valence-corrected chi connectivity index (χ0v) is 11.4. The quantitative estimate of drug-likeness (QED) is 0.629. The number of carbonyl (C=O) groups excluding carboxylic acids is 2. The summed E-state index contributed by atoms with van der Waals surface area (Å²) in [6, 6.07) is 5.08. The fraction of sp³-hybridized carbons (Fsp3) is 0.385. The molecule has 112 valence electrons. The Balaban J connectivity index is 1.88. The van der Waals surface area contributed by atoms with Gasteiger partial charge in [-0.2, -0.15) is 0 Å². The minimum atomic E-state index is -0.947. The zero-order valence-electron chi connectivity index (χ0n) is 11.4. The SMILES string of the molecule is C[C@@H](Oc1cccc([N+](=O)[O-])c1)C(=O)NC(=O)NC1CC1. The van der Waals surface area contributed by atoms with Crippen LogP contribution in [0.5, 0.6) is 5.75 Å². The second-order valence-corrected chi connectivity index (χ2v) is 4.75. The Bertz CT molecular complexity index is 571. The van der Waals surface area contributed by atoms with Gasteiger partial charge >= 0.3 is 6.03 Å². The second-order valence-electron chi connectivity index (χ2n) is 4.75. The maximum Gasteiger partial charge on any atom is 0.321 e. The molecule has 0 saturated heterocycles. The molecule has 1 aliphatic rings. The number of nitrogens with zero attached hydrogens (tertiary/aromatic N) is 1.